The average Bonchev–Trinajstić information content (AvgIpc) is 3.17. The van der Waals surface area contributed by atoms with Crippen molar-refractivity contribution < 1.29 is 8.42 Å². The molecule has 2 aromatic heterocycles. The molecule has 0 spiro atoms. The fraction of sp³-hybridized carbons (Fsp3) is 0.500. The van der Waals surface area contributed by atoms with Crippen LogP contribution >= 0.6 is 11.8 Å². The van der Waals surface area contributed by atoms with E-state index in [9.17, 15) is 8.42 Å². The van der Waals surface area contributed by atoms with Gasteiger partial charge < -0.3 is 9.72 Å². The number of sulfone groups is 1. The van der Waals surface area contributed by atoms with Crippen LogP contribution in [0.15, 0.2) is 29.4 Å². The number of hydrogen-bond donors (Lipinski definition) is 1. The minimum Gasteiger partial charge on any atom is -0.308 e. The number of rotatable bonds is 7. The maximum absolute atomic E-state index is 11.3. The summed E-state index contributed by atoms with van der Waals surface area (Å²) in [7, 11) is -2.92. The Bertz CT molecular complexity index is 736. The molecule has 1 aliphatic carbocycles. The maximum Gasteiger partial charge on any atom is 0.148 e. The van der Waals surface area contributed by atoms with Gasteiger partial charge in [0.1, 0.15) is 20.5 Å². The van der Waals surface area contributed by atoms with Gasteiger partial charge in [0.2, 0.25) is 0 Å². The number of pyridine rings is 1. The van der Waals surface area contributed by atoms with Crippen LogP contribution in [-0.4, -0.2) is 41.6 Å². The Morgan fingerprint density at radius 1 is 1.43 bits per heavy atom. The van der Waals surface area contributed by atoms with Crippen LogP contribution in [-0.2, 0) is 16.4 Å². The van der Waals surface area contributed by atoms with Crippen LogP contribution in [0.25, 0.3) is 5.65 Å². The third-order valence-electron chi connectivity index (χ3n) is 3.42. The Labute approximate surface area is 129 Å². The molecule has 5 nitrogen and oxygen atoms in total. The van der Waals surface area contributed by atoms with Crippen LogP contribution in [0.4, 0.5) is 0 Å². The van der Waals surface area contributed by atoms with Crippen molar-refractivity contribution in [3.8, 4) is 0 Å². The third-order valence-corrected chi connectivity index (χ3v) is 5.63. The topological polar surface area (TPSA) is 63.5 Å². The highest BCUT2D eigenvalue weighted by atomic mass is 32.2. The molecule has 1 N–H and O–H groups in total. The zero-order valence-electron chi connectivity index (χ0n) is 11.9. The number of imidazole rings is 1. The van der Waals surface area contributed by atoms with E-state index in [1.807, 2.05) is 24.4 Å². The molecule has 1 fully saturated rings. The molecule has 21 heavy (non-hydrogen) atoms. The number of hydrogen-bond acceptors (Lipinski definition) is 5. The lowest BCUT2D eigenvalue weighted by Gasteiger charge is -2.06. The van der Waals surface area contributed by atoms with Crippen molar-refractivity contribution in [2.24, 2.45) is 0 Å². The van der Waals surface area contributed by atoms with Gasteiger partial charge in [0.05, 0.1) is 11.4 Å². The van der Waals surface area contributed by atoms with Gasteiger partial charge in [-0.05, 0) is 25.0 Å². The normalized spacial score (nSPS) is 15.7. The van der Waals surface area contributed by atoms with Crippen molar-refractivity contribution >= 4 is 27.2 Å². The van der Waals surface area contributed by atoms with E-state index < -0.39 is 9.84 Å². The molecule has 0 unspecified atom stereocenters. The summed E-state index contributed by atoms with van der Waals surface area (Å²) in [6.45, 7) is 0.775. The Morgan fingerprint density at radius 2 is 2.24 bits per heavy atom. The largest absolute Gasteiger partial charge is 0.308 e. The first-order chi connectivity index (χ1) is 10.0. The molecule has 0 bridgehead atoms. The lowest BCUT2D eigenvalue weighted by molar-refractivity contribution is 0.603. The number of aromatic nitrogens is 2. The quantitative estimate of drug-likeness (QED) is 0.786. The highest BCUT2D eigenvalue weighted by Gasteiger charge is 2.22. The van der Waals surface area contributed by atoms with Crippen LogP contribution in [0.5, 0.6) is 0 Å². The first kappa shape index (κ1) is 14.9. The summed E-state index contributed by atoms with van der Waals surface area (Å²) in [4.78, 5) is 4.62. The smallest absolute Gasteiger partial charge is 0.148 e. The number of nitrogens with one attached hydrogen (secondary N) is 1. The van der Waals surface area contributed by atoms with E-state index in [1.165, 1.54) is 30.9 Å². The molecule has 0 atom stereocenters. The van der Waals surface area contributed by atoms with E-state index in [4.69, 9.17) is 0 Å². The Kier molecular flexibility index (Phi) is 4.24. The molecule has 114 valence electrons. The Morgan fingerprint density at radius 3 is 2.95 bits per heavy atom. The second kappa shape index (κ2) is 5.98. The van der Waals surface area contributed by atoms with Crippen molar-refractivity contribution in [3.05, 3.63) is 30.1 Å². The van der Waals surface area contributed by atoms with Gasteiger partial charge in [0, 0.05) is 30.8 Å². The average molecular weight is 325 g/mol. The zero-order chi connectivity index (χ0) is 14.9. The molecule has 0 aliphatic heterocycles. The molecule has 1 saturated carbocycles. The summed E-state index contributed by atoms with van der Waals surface area (Å²) >= 11 is 1.52. The van der Waals surface area contributed by atoms with Gasteiger partial charge in [-0.15, -0.1) is 11.8 Å². The van der Waals surface area contributed by atoms with Gasteiger partial charge in [-0.1, -0.05) is 6.07 Å². The molecule has 2 heterocycles. The SMILES string of the molecule is CS(=O)(=O)CCSc1nc2ccccn2c1CNC1CC1. The zero-order valence-corrected chi connectivity index (χ0v) is 13.6. The summed E-state index contributed by atoms with van der Waals surface area (Å²) in [6, 6.07) is 6.56. The summed E-state index contributed by atoms with van der Waals surface area (Å²) in [5.74, 6) is 0.722. The summed E-state index contributed by atoms with van der Waals surface area (Å²) in [5.41, 5.74) is 2.03. The van der Waals surface area contributed by atoms with Crippen LogP contribution in [0.3, 0.4) is 0 Å². The van der Waals surface area contributed by atoms with Gasteiger partial charge in [-0.2, -0.15) is 0 Å². The highest BCUT2D eigenvalue weighted by Crippen LogP contribution is 2.25. The van der Waals surface area contributed by atoms with Crippen molar-refractivity contribution in [3.63, 3.8) is 0 Å². The van der Waals surface area contributed by atoms with E-state index in [-0.39, 0.29) is 5.75 Å². The predicted octanol–water partition coefficient (Wildman–Crippen LogP) is 1.72. The van der Waals surface area contributed by atoms with E-state index in [0.717, 1.165) is 22.9 Å². The van der Waals surface area contributed by atoms with Crippen molar-refractivity contribution in [2.75, 3.05) is 17.8 Å². The summed E-state index contributed by atoms with van der Waals surface area (Å²) in [6.07, 6.45) is 5.76. The fourth-order valence-corrected chi connectivity index (χ4v) is 4.35. The lowest BCUT2D eigenvalue weighted by atomic mass is 10.4. The minimum atomic E-state index is -2.92. The predicted molar refractivity (Wildman–Crippen MR) is 85.5 cm³/mol. The van der Waals surface area contributed by atoms with E-state index in [2.05, 4.69) is 14.7 Å². The molecule has 7 heteroatoms. The maximum atomic E-state index is 11.3. The second-order valence-electron chi connectivity index (χ2n) is 5.43. The van der Waals surface area contributed by atoms with Crippen LogP contribution in [0.2, 0.25) is 0 Å². The van der Waals surface area contributed by atoms with Gasteiger partial charge in [0.15, 0.2) is 0 Å². The van der Waals surface area contributed by atoms with Crippen molar-refractivity contribution in [1.29, 1.82) is 0 Å². The molecular formula is C14H19N3O2S2. The molecule has 2 aromatic rings. The van der Waals surface area contributed by atoms with Crippen LogP contribution in [0, 0.1) is 0 Å². The second-order valence-corrected chi connectivity index (χ2v) is 8.77. The molecule has 1 aliphatic rings. The first-order valence-electron chi connectivity index (χ1n) is 7.03. The molecule has 0 aromatic carbocycles. The van der Waals surface area contributed by atoms with Crippen molar-refractivity contribution in [1.82, 2.24) is 14.7 Å². The molecule has 0 radical (unpaired) electrons. The van der Waals surface area contributed by atoms with E-state index in [1.54, 1.807) is 0 Å². The highest BCUT2D eigenvalue weighted by molar-refractivity contribution is 8.00. The molecule has 0 saturated heterocycles. The van der Waals surface area contributed by atoms with E-state index >= 15 is 0 Å². The Hall–Kier alpha value is -1.05. The molecule has 3 rings (SSSR count). The van der Waals surface area contributed by atoms with E-state index in [0.29, 0.717) is 11.8 Å². The number of thioether (sulfide) groups is 1. The van der Waals surface area contributed by atoms with Gasteiger partial charge in [-0.3, -0.25) is 0 Å². The number of fused-ring (bicyclic) bond motifs is 1. The molecular weight excluding hydrogens is 306 g/mol. The van der Waals surface area contributed by atoms with Gasteiger partial charge in [0.25, 0.3) is 0 Å². The fourth-order valence-electron chi connectivity index (χ4n) is 2.12. The third kappa shape index (κ3) is 3.99. The Balaban J connectivity index is 1.79. The lowest BCUT2D eigenvalue weighted by Crippen LogP contribution is -2.17. The minimum absolute atomic E-state index is 0.182. The van der Waals surface area contributed by atoms with Gasteiger partial charge in [-0.25, -0.2) is 13.4 Å². The summed E-state index contributed by atoms with van der Waals surface area (Å²) in [5, 5.41) is 4.43. The van der Waals surface area contributed by atoms with Gasteiger partial charge >= 0.3 is 0 Å². The van der Waals surface area contributed by atoms with Crippen LogP contribution < -0.4 is 5.32 Å². The first-order valence-corrected chi connectivity index (χ1v) is 10.1. The monoisotopic (exact) mass is 325 g/mol. The van der Waals surface area contributed by atoms with Crippen LogP contribution in [0.1, 0.15) is 18.5 Å². The standard InChI is InChI=1S/C14H19N3O2S2/c1-21(18,19)9-8-20-14-12(10-15-11-5-6-11)17-7-3-2-4-13(17)16-14/h2-4,7,11,15H,5-6,8-10H2,1H3. The molecule has 0 amide bonds. The number of nitrogens with zero attached hydrogens (tertiary/aromatic N) is 2. The van der Waals surface area contributed by atoms with Crippen molar-refractivity contribution in [2.45, 2.75) is 30.5 Å². The summed E-state index contributed by atoms with van der Waals surface area (Å²) < 4.78 is 24.6.